The van der Waals surface area contributed by atoms with Gasteiger partial charge >= 0.3 is 0 Å². The van der Waals surface area contributed by atoms with Gasteiger partial charge in [-0.05, 0) is 49.9 Å². The molecule has 2 aromatic rings. The molecule has 4 heterocycles. The normalized spacial score (nSPS) is 18.9. The van der Waals surface area contributed by atoms with E-state index in [0.717, 1.165) is 22.6 Å². The molecule has 2 saturated heterocycles. The van der Waals surface area contributed by atoms with Crippen molar-refractivity contribution in [1.29, 1.82) is 0 Å². The number of unbranched alkanes of at least 4 members (excludes halogenated alkanes) is 2. The van der Waals surface area contributed by atoms with E-state index >= 15 is 0 Å². The van der Waals surface area contributed by atoms with Crippen LogP contribution in [0.2, 0.25) is 0 Å². The van der Waals surface area contributed by atoms with Crippen LogP contribution in [0.4, 0.5) is 11.4 Å². The van der Waals surface area contributed by atoms with Crippen LogP contribution in [0, 0.1) is 0 Å². The van der Waals surface area contributed by atoms with E-state index in [0.29, 0.717) is 71.5 Å². The van der Waals surface area contributed by atoms with Crippen molar-refractivity contribution < 1.29 is 62.1 Å². The van der Waals surface area contributed by atoms with Crippen LogP contribution >= 0.6 is 0 Å². The lowest BCUT2D eigenvalue weighted by Crippen LogP contribution is -2.54. The maximum atomic E-state index is 13.2. The molecule has 4 N–H and O–H groups in total. The highest BCUT2D eigenvalue weighted by Gasteiger charge is 2.47. The van der Waals surface area contributed by atoms with Crippen molar-refractivity contribution in [2.75, 3.05) is 70.0 Å². The number of amides is 9. The number of rotatable bonds is 22. The summed E-state index contributed by atoms with van der Waals surface area (Å²) in [6.45, 7) is 3.37. The predicted molar refractivity (Wildman–Crippen MR) is 205 cm³/mol. The number of fused-ring (bicyclic) bond motifs is 2. The molecule has 0 aromatic heterocycles. The van der Waals surface area contributed by atoms with Gasteiger partial charge in [-0.15, -0.1) is 0 Å². The monoisotopic (exact) mass is 818 g/mol. The quantitative estimate of drug-likeness (QED) is 0.0963. The van der Waals surface area contributed by atoms with Crippen LogP contribution in [0.3, 0.4) is 0 Å². The maximum absolute atomic E-state index is 13.2. The molecule has 6 rings (SSSR count). The van der Waals surface area contributed by atoms with Crippen molar-refractivity contribution in [3.8, 4) is 0 Å². The fourth-order valence-corrected chi connectivity index (χ4v) is 7.18. The van der Waals surface area contributed by atoms with Gasteiger partial charge in [0.2, 0.25) is 29.5 Å². The SMILES string of the molecule is O=C1CCC(N2C(=O)c3cccc(NCCOCCOCCOCCOCCCCCC(=O)Nc4cccc5c4C(=O)N(C4CCC(=O)NC4=O)C5=O)c3C2=O)C(=O)N1. The predicted octanol–water partition coefficient (Wildman–Crippen LogP) is 1.17. The number of hydrogen-bond donors (Lipinski definition) is 4. The minimum Gasteiger partial charge on any atom is -0.382 e. The first kappa shape index (κ1) is 42.7. The van der Waals surface area contributed by atoms with Gasteiger partial charge in [-0.1, -0.05) is 18.6 Å². The highest BCUT2D eigenvalue weighted by Crippen LogP contribution is 2.34. The average molecular weight is 819 g/mol. The summed E-state index contributed by atoms with van der Waals surface area (Å²) in [6.07, 6.45) is 2.43. The Morgan fingerprint density at radius 3 is 1.58 bits per heavy atom. The zero-order valence-electron chi connectivity index (χ0n) is 32.3. The number of benzene rings is 2. The summed E-state index contributed by atoms with van der Waals surface area (Å²) in [6, 6.07) is 7.29. The van der Waals surface area contributed by atoms with Crippen molar-refractivity contribution in [1.82, 2.24) is 20.4 Å². The van der Waals surface area contributed by atoms with Gasteiger partial charge in [-0.25, -0.2) is 0 Å². The lowest BCUT2D eigenvalue weighted by molar-refractivity contribution is -0.137. The lowest BCUT2D eigenvalue weighted by atomic mass is 10.0. The molecule has 9 amide bonds. The Kier molecular flexibility index (Phi) is 14.6. The van der Waals surface area contributed by atoms with Gasteiger partial charge in [0, 0.05) is 38.1 Å². The van der Waals surface area contributed by atoms with Crippen LogP contribution in [-0.2, 0) is 42.9 Å². The van der Waals surface area contributed by atoms with E-state index in [9.17, 15) is 43.2 Å². The maximum Gasteiger partial charge on any atom is 0.264 e. The van der Waals surface area contributed by atoms with Crippen LogP contribution < -0.4 is 21.3 Å². The van der Waals surface area contributed by atoms with E-state index in [1.807, 2.05) is 0 Å². The van der Waals surface area contributed by atoms with Crippen LogP contribution in [0.1, 0.15) is 92.8 Å². The molecule has 0 spiro atoms. The smallest absolute Gasteiger partial charge is 0.264 e. The second-order valence-corrected chi connectivity index (χ2v) is 14.1. The lowest BCUT2D eigenvalue weighted by Gasteiger charge is -2.27. The molecule has 2 fully saturated rings. The largest absolute Gasteiger partial charge is 0.382 e. The molecule has 59 heavy (non-hydrogen) atoms. The average Bonchev–Trinajstić information content (AvgIpc) is 3.62. The minimum atomic E-state index is -1.09. The number of carbonyl (C=O) groups excluding carboxylic acids is 9. The van der Waals surface area contributed by atoms with E-state index in [1.54, 1.807) is 18.2 Å². The molecule has 0 radical (unpaired) electrons. The van der Waals surface area contributed by atoms with E-state index in [-0.39, 0.29) is 66.0 Å². The summed E-state index contributed by atoms with van der Waals surface area (Å²) in [4.78, 5) is 115. The summed E-state index contributed by atoms with van der Waals surface area (Å²) in [5.74, 6) is -5.04. The van der Waals surface area contributed by atoms with E-state index < -0.39 is 59.3 Å². The molecular weight excluding hydrogens is 772 g/mol. The fraction of sp³-hybridized carbons (Fsp3) is 0.475. The van der Waals surface area contributed by atoms with Crippen LogP contribution in [0.25, 0.3) is 0 Å². The van der Waals surface area contributed by atoms with Crippen molar-refractivity contribution >= 4 is 64.5 Å². The second kappa shape index (κ2) is 20.2. The number of carbonyl (C=O) groups is 9. The van der Waals surface area contributed by atoms with Crippen LogP contribution in [0.15, 0.2) is 36.4 Å². The Bertz CT molecular complexity index is 2000. The molecular formula is C40H46N6O13. The van der Waals surface area contributed by atoms with Gasteiger partial charge in [0.1, 0.15) is 12.1 Å². The fourth-order valence-electron chi connectivity index (χ4n) is 7.18. The number of nitrogens with zero attached hydrogens (tertiary/aromatic N) is 2. The van der Waals surface area contributed by atoms with Gasteiger partial charge in [-0.3, -0.25) is 63.6 Å². The molecule has 4 aliphatic heterocycles. The molecule has 0 aliphatic carbocycles. The summed E-state index contributed by atoms with van der Waals surface area (Å²) in [5.41, 5.74) is 1.16. The Hall–Kier alpha value is -5.89. The van der Waals surface area contributed by atoms with Crippen LogP contribution in [0.5, 0.6) is 0 Å². The van der Waals surface area contributed by atoms with Gasteiger partial charge in [-0.2, -0.15) is 0 Å². The summed E-state index contributed by atoms with van der Waals surface area (Å²) in [7, 11) is 0. The molecule has 0 saturated carbocycles. The molecule has 19 heteroatoms. The van der Waals surface area contributed by atoms with Gasteiger partial charge in [0.05, 0.1) is 74.2 Å². The van der Waals surface area contributed by atoms with Crippen molar-refractivity contribution in [2.45, 2.75) is 63.5 Å². The number of piperidine rings is 2. The number of hydrogen-bond acceptors (Lipinski definition) is 14. The Balaban J connectivity index is 0.752. The Labute approximate surface area is 338 Å². The highest BCUT2D eigenvalue weighted by atomic mass is 16.6. The molecule has 4 aliphatic rings. The summed E-state index contributed by atoms with van der Waals surface area (Å²) < 4.78 is 22.2. The number of imide groups is 4. The molecule has 19 nitrogen and oxygen atoms in total. The van der Waals surface area contributed by atoms with Gasteiger partial charge in [0.15, 0.2) is 0 Å². The van der Waals surface area contributed by atoms with E-state index in [1.165, 1.54) is 18.2 Å². The van der Waals surface area contributed by atoms with Crippen molar-refractivity contribution in [3.63, 3.8) is 0 Å². The number of nitrogens with one attached hydrogen (secondary N) is 4. The molecule has 2 unspecified atom stereocenters. The molecule has 314 valence electrons. The second-order valence-electron chi connectivity index (χ2n) is 14.1. The molecule has 0 bridgehead atoms. The van der Waals surface area contributed by atoms with Crippen molar-refractivity contribution in [2.24, 2.45) is 0 Å². The van der Waals surface area contributed by atoms with E-state index in [2.05, 4.69) is 21.3 Å². The number of anilines is 2. The van der Waals surface area contributed by atoms with Crippen molar-refractivity contribution in [3.05, 3.63) is 58.7 Å². The molecule has 2 aromatic carbocycles. The summed E-state index contributed by atoms with van der Waals surface area (Å²) in [5, 5.41) is 10.2. The highest BCUT2D eigenvalue weighted by molar-refractivity contribution is 6.27. The van der Waals surface area contributed by atoms with Crippen LogP contribution in [-0.4, -0.2) is 134 Å². The molecule has 2 atom stereocenters. The summed E-state index contributed by atoms with van der Waals surface area (Å²) >= 11 is 0. The Morgan fingerprint density at radius 2 is 1.05 bits per heavy atom. The topological polar surface area (TPSA) is 245 Å². The van der Waals surface area contributed by atoms with Gasteiger partial charge in [0.25, 0.3) is 23.6 Å². The standard InChI is InChI=1S/C40H46N6O13/c47-30(42-27-9-5-7-25-34(27)40(55)46(38(25)53)29-12-14-32(49)44-36(29)51)10-2-1-3-16-56-18-20-58-22-23-59-21-19-57-17-15-41-26-8-4-6-24-33(26)39(54)45(37(24)52)28-11-13-31(48)43-35(28)50/h4-9,28-29,41H,1-3,10-23H2,(H,42,47)(H,43,48,50)(H,44,49,51). The first-order chi connectivity index (χ1) is 28.6. The number of ether oxygens (including phenoxy) is 4. The first-order valence-electron chi connectivity index (χ1n) is 19.6. The first-order valence-corrected chi connectivity index (χ1v) is 19.6. The third-order valence-corrected chi connectivity index (χ3v) is 10.1. The Morgan fingerprint density at radius 1 is 0.576 bits per heavy atom. The van der Waals surface area contributed by atoms with E-state index in [4.69, 9.17) is 18.9 Å². The van der Waals surface area contributed by atoms with Gasteiger partial charge < -0.3 is 29.6 Å². The third kappa shape index (κ3) is 10.2. The zero-order chi connectivity index (χ0) is 41.9. The minimum absolute atomic E-state index is 0.0142. The zero-order valence-corrected chi connectivity index (χ0v) is 32.3. The third-order valence-electron chi connectivity index (χ3n) is 10.1.